The van der Waals surface area contributed by atoms with Gasteiger partial charge in [0.15, 0.2) is 6.23 Å². The first-order chi connectivity index (χ1) is 16.0. The summed E-state index contributed by atoms with van der Waals surface area (Å²) in [4.78, 5) is 32.0. The number of rotatable bonds is 4. The molecule has 192 valence electrons. The number of aromatic nitrogens is 2. The quantitative estimate of drug-likeness (QED) is 0.391. The van der Waals surface area contributed by atoms with Crippen LogP contribution in [0.25, 0.3) is 10.8 Å². The maximum Gasteiger partial charge on any atom is 0.346 e. The van der Waals surface area contributed by atoms with Crippen LogP contribution in [-0.4, -0.2) is 63.9 Å². The van der Waals surface area contributed by atoms with Crippen molar-refractivity contribution >= 4 is 43.0 Å². The lowest BCUT2D eigenvalue weighted by Crippen LogP contribution is -2.56. The molecule has 2 aliphatic rings. The van der Waals surface area contributed by atoms with E-state index in [1.165, 1.54) is 19.3 Å². The lowest BCUT2D eigenvalue weighted by Gasteiger charge is -2.45. The lowest BCUT2D eigenvalue weighted by molar-refractivity contribution is -0.0956. The molecule has 1 saturated heterocycles. The third-order valence-corrected chi connectivity index (χ3v) is 11.6. The topological polar surface area (TPSA) is 164 Å². The minimum Gasteiger partial charge on any atom is -0.410 e. The van der Waals surface area contributed by atoms with Crippen LogP contribution in [0.2, 0.25) is 10.1 Å². The largest absolute Gasteiger partial charge is 0.410 e. The van der Waals surface area contributed by atoms with E-state index in [-0.39, 0.29) is 18.1 Å². The van der Waals surface area contributed by atoms with Gasteiger partial charge in [-0.2, -0.15) is 4.98 Å². The molecule has 4 heterocycles. The van der Waals surface area contributed by atoms with Gasteiger partial charge in [0.05, 0.1) is 18.3 Å². The molecule has 4 unspecified atom stereocenters. The molecule has 0 saturated carbocycles. The van der Waals surface area contributed by atoms with Crippen LogP contribution in [-0.2, 0) is 9.16 Å². The summed E-state index contributed by atoms with van der Waals surface area (Å²) in [5, 5.41) is 25.2. The molecule has 0 aromatic carbocycles. The smallest absolute Gasteiger partial charge is 0.346 e. The summed E-state index contributed by atoms with van der Waals surface area (Å²) < 4.78 is 13.9. The minimum atomic E-state index is -3.33. The summed E-state index contributed by atoms with van der Waals surface area (Å²) in [6.07, 6.45) is -0.267. The molecule has 0 radical (unpaired) electrons. The van der Waals surface area contributed by atoms with E-state index in [4.69, 9.17) is 14.9 Å². The standard InChI is InChI=1S/C23H35N5O6Si/c1-21(2,3)35(32,22(4,5)6)33-10-14-17(30)23(7,31)20(34-14)28-9-12-13(24)8-15(29)27-18-16(12)19(28)26-11-25-18/h8-9,11,14,17,20,30-32H,10,24H2,1-7H3,(H,25,26,27,29). The van der Waals surface area contributed by atoms with E-state index >= 15 is 0 Å². The number of nitrogens with one attached hydrogen (secondary N) is 1. The summed E-state index contributed by atoms with van der Waals surface area (Å²) in [6, 6.07) is 1.22. The van der Waals surface area contributed by atoms with Crippen LogP contribution in [0.3, 0.4) is 0 Å². The van der Waals surface area contributed by atoms with Gasteiger partial charge in [-0.25, -0.2) is 4.99 Å². The first kappa shape index (κ1) is 25.7. The second kappa shape index (κ2) is 8.08. The maximum atomic E-state index is 12.0. The van der Waals surface area contributed by atoms with E-state index in [9.17, 15) is 19.8 Å². The molecule has 2 aromatic rings. The third-order valence-electron chi connectivity index (χ3n) is 6.94. The summed E-state index contributed by atoms with van der Waals surface area (Å²) in [5.74, 6) is 0.660. The number of aliphatic hydroxyl groups excluding tert-OH is 1. The molecule has 2 aliphatic heterocycles. The summed E-state index contributed by atoms with van der Waals surface area (Å²) in [6.45, 7) is 13.0. The zero-order chi connectivity index (χ0) is 26.1. The van der Waals surface area contributed by atoms with Crippen LogP contribution >= 0.6 is 0 Å². The van der Waals surface area contributed by atoms with Crippen molar-refractivity contribution < 1.29 is 24.2 Å². The second-order valence-corrected chi connectivity index (χ2v) is 16.2. The highest BCUT2D eigenvalue weighted by Gasteiger charge is 2.58. The highest BCUT2D eigenvalue weighted by molar-refractivity contribution is 6.72. The molecule has 0 aliphatic carbocycles. The summed E-state index contributed by atoms with van der Waals surface area (Å²) in [5.41, 5.74) is 4.11. The number of aliphatic imine (C=N–C) groups is 1. The molecule has 0 bridgehead atoms. The number of nitrogens with zero attached hydrogens (tertiary/aromatic N) is 3. The number of ether oxygens (including phenoxy) is 1. The normalized spacial score (nSPS) is 26.9. The van der Waals surface area contributed by atoms with Gasteiger partial charge in [0.2, 0.25) is 0 Å². The number of nitrogens with two attached hydrogens (primary N) is 1. The van der Waals surface area contributed by atoms with Crippen molar-refractivity contribution in [3.63, 3.8) is 0 Å². The van der Waals surface area contributed by atoms with Crippen LogP contribution in [0, 0.1) is 0 Å². The van der Waals surface area contributed by atoms with E-state index in [1.54, 1.807) is 10.8 Å². The third kappa shape index (κ3) is 3.98. The van der Waals surface area contributed by atoms with Gasteiger partial charge in [0.1, 0.15) is 29.4 Å². The highest BCUT2D eigenvalue weighted by atomic mass is 28.4. The van der Waals surface area contributed by atoms with Crippen LogP contribution in [0.5, 0.6) is 0 Å². The van der Waals surface area contributed by atoms with Gasteiger partial charge >= 0.3 is 8.56 Å². The Labute approximate surface area is 204 Å². The van der Waals surface area contributed by atoms with E-state index in [1.807, 2.05) is 41.5 Å². The van der Waals surface area contributed by atoms with Gasteiger partial charge in [-0.3, -0.25) is 4.79 Å². The fraction of sp³-hybridized carbons (Fsp3) is 0.609. The van der Waals surface area contributed by atoms with Crippen molar-refractivity contribution in [3.8, 4) is 0 Å². The van der Waals surface area contributed by atoms with E-state index in [0.717, 1.165) is 0 Å². The van der Waals surface area contributed by atoms with Gasteiger partial charge in [-0.15, -0.1) is 0 Å². The number of hydrogen-bond donors (Lipinski definition) is 5. The van der Waals surface area contributed by atoms with Gasteiger partial charge in [-0.1, -0.05) is 41.5 Å². The van der Waals surface area contributed by atoms with E-state index < -0.39 is 48.2 Å². The van der Waals surface area contributed by atoms with Gasteiger partial charge in [-0.05, 0) is 6.92 Å². The van der Waals surface area contributed by atoms with Crippen LogP contribution in [0.15, 0.2) is 22.1 Å². The number of nitrogen functional groups attached to an aromatic ring is 1. The second-order valence-electron chi connectivity index (χ2n) is 11.6. The molecule has 6 N–H and O–H groups in total. The minimum absolute atomic E-state index is 0.102. The molecule has 4 rings (SSSR count). The average molecular weight is 506 g/mol. The summed E-state index contributed by atoms with van der Waals surface area (Å²) >= 11 is 0. The fourth-order valence-electron chi connectivity index (χ4n) is 5.08. The van der Waals surface area contributed by atoms with Crippen LogP contribution in [0.4, 0.5) is 17.3 Å². The Kier molecular flexibility index (Phi) is 5.94. The molecule has 12 heteroatoms. The molecule has 0 amide bonds. The van der Waals surface area contributed by atoms with Crippen molar-refractivity contribution in [3.05, 3.63) is 22.6 Å². The Morgan fingerprint density at radius 2 is 1.91 bits per heavy atom. The van der Waals surface area contributed by atoms with Crippen LogP contribution in [0.1, 0.15) is 54.7 Å². The van der Waals surface area contributed by atoms with E-state index in [0.29, 0.717) is 16.6 Å². The Hall–Kier alpha value is -2.35. The van der Waals surface area contributed by atoms with Crippen LogP contribution < -0.4 is 16.6 Å². The van der Waals surface area contributed by atoms with Crippen molar-refractivity contribution in [1.82, 2.24) is 9.55 Å². The van der Waals surface area contributed by atoms with E-state index in [2.05, 4.69) is 15.3 Å². The van der Waals surface area contributed by atoms with Gasteiger partial charge in [0, 0.05) is 33.4 Å². The highest BCUT2D eigenvalue weighted by Crippen LogP contribution is 2.51. The predicted octanol–water partition coefficient (Wildman–Crippen LogP) is 2.12. The van der Waals surface area contributed by atoms with Crippen molar-refractivity contribution in [2.45, 2.75) is 82.6 Å². The zero-order valence-corrected chi connectivity index (χ0v) is 22.2. The number of hydrogen-bond acceptors (Lipinski definition) is 10. The first-order valence-electron chi connectivity index (χ1n) is 11.6. The molecular formula is C23H35N5O6Si. The molecule has 11 nitrogen and oxygen atoms in total. The number of aliphatic hydroxyl groups is 2. The Morgan fingerprint density at radius 3 is 2.51 bits per heavy atom. The van der Waals surface area contributed by atoms with Crippen molar-refractivity contribution in [2.24, 2.45) is 4.99 Å². The first-order valence-corrected chi connectivity index (χ1v) is 13.4. The molecule has 4 atom stereocenters. The Balaban J connectivity index is 1.72. The average Bonchev–Trinajstić information content (AvgIpc) is 3.16. The molecule has 0 spiro atoms. The Morgan fingerprint density at radius 1 is 1.29 bits per heavy atom. The van der Waals surface area contributed by atoms with Gasteiger partial charge in [0.25, 0.3) is 5.56 Å². The van der Waals surface area contributed by atoms with Gasteiger partial charge < -0.3 is 39.8 Å². The Bertz CT molecular complexity index is 1230. The fourth-order valence-corrected chi connectivity index (χ4v) is 8.60. The SMILES string of the molecule is CC1(O)C(O)C(CO[Si](O)(C(C)(C)C)C(C)(C)C)OC1n1cc2c(N)cc(=O)nc3c2c1N=CN3. The summed E-state index contributed by atoms with van der Waals surface area (Å²) in [7, 11) is -3.33. The maximum absolute atomic E-state index is 12.0. The predicted molar refractivity (Wildman–Crippen MR) is 136 cm³/mol. The number of anilines is 2. The molecule has 35 heavy (non-hydrogen) atoms. The van der Waals surface area contributed by atoms with Crippen molar-refractivity contribution in [2.75, 3.05) is 17.7 Å². The zero-order valence-electron chi connectivity index (χ0n) is 21.2. The van der Waals surface area contributed by atoms with Crippen molar-refractivity contribution in [1.29, 1.82) is 0 Å². The lowest BCUT2D eigenvalue weighted by atomic mass is 9.96. The molecular weight excluding hydrogens is 470 g/mol. The molecule has 2 aromatic heterocycles. The molecule has 1 fully saturated rings. The monoisotopic (exact) mass is 505 g/mol.